The van der Waals surface area contributed by atoms with E-state index in [1.807, 2.05) is 37.1 Å². The van der Waals surface area contributed by atoms with Crippen molar-refractivity contribution >= 4 is 22.4 Å². The van der Waals surface area contributed by atoms with Crippen LogP contribution in [0.4, 0.5) is 5.13 Å². The van der Waals surface area contributed by atoms with Gasteiger partial charge in [-0.3, -0.25) is 4.79 Å². The van der Waals surface area contributed by atoms with Crippen molar-refractivity contribution < 1.29 is 9.53 Å². The quantitative estimate of drug-likeness (QED) is 0.884. The molecule has 1 aromatic heterocycles. The molecule has 0 aliphatic carbocycles. The van der Waals surface area contributed by atoms with Crippen LogP contribution in [0.5, 0.6) is 5.75 Å². The summed E-state index contributed by atoms with van der Waals surface area (Å²) < 4.78 is 6.00. The zero-order valence-electron chi connectivity index (χ0n) is 15.0. The first-order chi connectivity index (χ1) is 12.1. The number of hydrogen-bond donors (Lipinski definition) is 1. The van der Waals surface area contributed by atoms with Crippen molar-refractivity contribution in [2.45, 2.75) is 26.7 Å². The number of para-hydroxylation sites is 1. The molecule has 5 nitrogen and oxygen atoms in total. The highest BCUT2D eigenvalue weighted by molar-refractivity contribution is 7.17. The lowest BCUT2D eigenvalue weighted by Crippen LogP contribution is -2.41. The van der Waals surface area contributed by atoms with E-state index >= 15 is 0 Å². The fourth-order valence-electron chi connectivity index (χ4n) is 3.16. The normalized spacial score (nSPS) is 17.4. The van der Waals surface area contributed by atoms with Crippen LogP contribution in [-0.4, -0.2) is 42.5 Å². The molecule has 2 aromatic rings. The molecular weight excluding hydrogens is 334 g/mol. The number of nitrogens with zero attached hydrogens (tertiary/aromatic N) is 2. The molecule has 1 atom stereocenters. The van der Waals surface area contributed by atoms with E-state index in [2.05, 4.69) is 23.3 Å². The van der Waals surface area contributed by atoms with E-state index in [4.69, 9.17) is 4.74 Å². The fourth-order valence-corrected chi connectivity index (χ4v) is 4.04. The van der Waals surface area contributed by atoms with Gasteiger partial charge in [0.1, 0.15) is 10.6 Å². The van der Waals surface area contributed by atoms with E-state index in [9.17, 15) is 4.79 Å². The summed E-state index contributed by atoms with van der Waals surface area (Å²) >= 11 is 1.43. The molecule has 0 radical (unpaired) electrons. The molecule has 1 amide bonds. The minimum atomic E-state index is 0.0945. The number of rotatable bonds is 5. The first-order valence-electron chi connectivity index (χ1n) is 8.71. The number of aromatic nitrogens is 1. The first-order valence-corrected chi connectivity index (χ1v) is 9.53. The van der Waals surface area contributed by atoms with Crippen molar-refractivity contribution in [3.63, 3.8) is 0 Å². The molecule has 1 aliphatic heterocycles. The second-order valence-electron chi connectivity index (χ2n) is 6.52. The summed E-state index contributed by atoms with van der Waals surface area (Å²) in [6.07, 6.45) is 2.11. The molecule has 1 aliphatic rings. The van der Waals surface area contributed by atoms with Crippen molar-refractivity contribution in [1.29, 1.82) is 0 Å². The van der Waals surface area contributed by atoms with Gasteiger partial charge in [0.05, 0.1) is 12.3 Å². The van der Waals surface area contributed by atoms with Crippen LogP contribution in [0.2, 0.25) is 0 Å². The number of thiazole rings is 1. The fraction of sp³-hybridized carbons (Fsp3) is 0.474. The highest BCUT2D eigenvalue weighted by Crippen LogP contribution is 2.26. The Kier molecular flexibility index (Phi) is 5.58. The molecule has 0 bridgehead atoms. The third kappa shape index (κ3) is 4.12. The maximum Gasteiger partial charge on any atom is 0.265 e. The maximum atomic E-state index is 12.9. The van der Waals surface area contributed by atoms with Gasteiger partial charge in [0.15, 0.2) is 5.13 Å². The van der Waals surface area contributed by atoms with Crippen molar-refractivity contribution in [3.8, 4) is 5.75 Å². The number of ether oxygens (including phenoxy) is 1. The minimum absolute atomic E-state index is 0.0945. The van der Waals surface area contributed by atoms with Crippen molar-refractivity contribution in [2.24, 2.45) is 5.92 Å². The average molecular weight is 359 g/mol. The van der Waals surface area contributed by atoms with Gasteiger partial charge in [-0.2, -0.15) is 0 Å². The number of likely N-dealkylation sites (tertiary alicyclic amines) is 1. The number of aryl methyl sites for hydroxylation is 2. The van der Waals surface area contributed by atoms with Crippen molar-refractivity contribution in [1.82, 2.24) is 9.88 Å². The second kappa shape index (κ2) is 7.87. The molecule has 0 saturated carbocycles. The number of carbonyl (C=O) groups excluding carboxylic acids is 1. The van der Waals surface area contributed by atoms with Gasteiger partial charge in [0.25, 0.3) is 5.91 Å². The van der Waals surface area contributed by atoms with Gasteiger partial charge in [0.2, 0.25) is 0 Å². The monoisotopic (exact) mass is 359 g/mol. The number of amides is 1. The third-order valence-electron chi connectivity index (χ3n) is 4.58. The van der Waals surface area contributed by atoms with E-state index in [0.717, 1.165) is 52.9 Å². The highest BCUT2D eigenvalue weighted by Gasteiger charge is 2.27. The topological polar surface area (TPSA) is 54.5 Å². The summed E-state index contributed by atoms with van der Waals surface area (Å²) in [7, 11) is 1.83. The van der Waals surface area contributed by atoms with E-state index in [1.54, 1.807) is 0 Å². The number of anilines is 1. The Morgan fingerprint density at radius 1 is 1.40 bits per heavy atom. The van der Waals surface area contributed by atoms with Gasteiger partial charge >= 0.3 is 0 Å². The van der Waals surface area contributed by atoms with Gasteiger partial charge in [0, 0.05) is 26.1 Å². The molecule has 0 unspecified atom stereocenters. The van der Waals surface area contributed by atoms with Crippen molar-refractivity contribution in [2.75, 3.05) is 32.1 Å². The van der Waals surface area contributed by atoms with Crippen LogP contribution in [0.1, 0.15) is 33.8 Å². The zero-order chi connectivity index (χ0) is 17.8. The molecule has 0 spiro atoms. The largest absolute Gasteiger partial charge is 0.493 e. The van der Waals surface area contributed by atoms with Crippen molar-refractivity contribution in [3.05, 3.63) is 40.4 Å². The molecule has 1 N–H and O–H groups in total. The molecule has 6 heteroatoms. The summed E-state index contributed by atoms with van der Waals surface area (Å²) in [4.78, 5) is 19.9. The Labute approximate surface area is 153 Å². The lowest BCUT2D eigenvalue weighted by atomic mass is 9.98. The number of carbonyl (C=O) groups is 1. The first kappa shape index (κ1) is 17.7. The Morgan fingerprint density at radius 3 is 2.92 bits per heavy atom. The summed E-state index contributed by atoms with van der Waals surface area (Å²) in [5.74, 6) is 1.40. The third-order valence-corrected chi connectivity index (χ3v) is 5.74. The van der Waals surface area contributed by atoms with Gasteiger partial charge in [-0.25, -0.2) is 4.98 Å². The van der Waals surface area contributed by atoms with E-state index in [-0.39, 0.29) is 5.91 Å². The molecule has 1 saturated heterocycles. The molecule has 134 valence electrons. The lowest BCUT2D eigenvalue weighted by Gasteiger charge is -2.32. The van der Waals surface area contributed by atoms with E-state index in [1.165, 1.54) is 11.3 Å². The maximum absolute atomic E-state index is 12.9. The van der Waals surface area contributed by atoms with Gasteiger partial charge in [-0.15, -0.1) is 0 Å². The molecule has 3 rings (SSSR count). The van der Waals surface area contributed by atoms with Crippen LogP contribution >= 0.6 is 11.3 Å². The molecule has 1 aromatic carbocycles. The number of nitrogens with one attached hydrogen (secondary N) is 1. The van der Waals surface area contributed by atoms with Crippen LogP contribution in [0, 0.1) is 19.8 Å². The summed E-state index contributed by atoms with van der Waals surface area (Å²) in [6.45, 7) is 6.16. The Hall–Kier alpha value is -2.08. The number of hydrogen-bond acceptors (Lipinski definition) is 5. The minimum Gasteiger partial charge on any atom is -0.493 e. The van der Waals surface area contributed by atoms with Crippen LogP contribution in [-0.2, 0) is 0 Å². The standard InChI is InChI=1S/C19H25N3O2S/c1-13-7-4-5-9-16(13)24-12-15-8-6-10-22(11-15)18(23)17-14(2)21-19(20-3)25-17/h4-5,7,9,15H,6,8,10-12H2,1-3H3,(H,20,21)/t15-/m0/s1. The Balaban J connectivity index is 1.61. The van der Waals surface area contributed by atoms with Gasteiger partial charge in [-0.05, 0) is 38.3 Å². The number of benzene rings is 1. The van der Waals surface area contributed by atoms with E-state index < -0.39 is 0 Å². The van der Waals surface area contributed by atoms with Crippen LogP contribution in [0.3, 0.4) is 0 Å². The molecule has 2 heterocycles. The predicted molar refractivity (Wildman–Crippen MR) is 102 cm³/mol. The van der Waals surface area contributed by atoms with Gasteiger partial charge in [-0.1, -0.05) is 29.5 Å². The van der Waals surface area contributed by atoms with E-state index in [0.29, 0.717) is 12.5 Å². The smallest absolute Gasteiger partial charge is 0.265 e. The lowest BCUT2D eigenvalue weighted by molar-refractivity contribution is 0.0637. The Morgan fingerprint density at radius 2 is 2.20 bits per heavy atom. The summed E-state index contributed by atoms with van der Waals surface area (Å²) in [5.41, 5.74) is 1.95. The number of piperidine rings is 1. The SMILES string of the molecule is CNc1nc(C)c(C(=O)N2CCC[C@H](COc3ccccc3C)C2)s1. The zero-order valence-corrected chi connectivity index (χ0v) is 15.9. The summed E-state index contributed by atoms with van der Waals surface area (Å²) in [6, 6.07) is 8.06. The second-order valence-corrected chi connectivity index (χ2v) is 7.52. The summed E-state index contributed by atoms with van der Waals surface area (Å²) in [5, 5.41) is 3.80. The van der Waals surface area contributed by atoms with Gasteiger partial charge < -0.3 is 15.0 Å². The molecular formula is C19H25N3O2S. The van der Waals surface area contributed by atoms with Crippen LogP contribution < -0.4 is 10.1 Å². The predicted octanol–water partition coefficient (Wildman–Crippen LogP) is 3.73. The highest BCUT2D eigenvalue weighted by atomic mass is 32.1. The average Bonchev–Trinajstić information content (AvgIpc) is 3.01. The Bertz CT molecular complexity index is 744. The molecule has 25 heavy (non-hydrogen) atoms. The molecule has 1 fully saturated rings. The van der Waals surface area contributed by atoms with Crippen LogP contribution in [0.25, 0.3) is 0 Å². The van der Waals surface area contributed by atoms with Crippen LogP contribution in [0.15, 0.2) is 24.3 Å².